The van der Waals surface area contributed by atoms with Crippen LogP contribution in [0, 0.1) is 0 Å². The molecule has 2 heterocycles. The van der Waals surface area contributed by atoms with Gasteiger partial charge in [0.2, 0.25) is 5.91 Å². The van der Waals surface area contributed by atoms with Gasteiger partial charge in [0.1, 0.15) is 11.9 Å². The molecule has 0 aliphatic carbocycles. The molecule has 0 saturated carbocycles. The topological polar surface area (TPSA) is 74.1 Å². The summed E-state index contributed by atoms with van der Waals surface area (Å²) in [5.41, 5.74) is 3.50. The summed E-state index contributed by atoms with van der Waals surface area (Å²) >= 11 is 7.23. The third-order valence-corrected chi connectivity index (χ3v) is 6.80. The lowest BCUT2D eigenvalue weighted by molar-refractivity contribution is -0.120. The molecule has 1 atom stereocenters. The fraction of sp³-hybridized carbons (Fsp3) is 0.154. The Kier molecular flexibility index (Phi) is 6.47. The predicted molar refractivity (Wildman–Crippen MR) is 137 cm³/mol. The van der Waals surface area contributed by atoms with E-state index in [1.54, 1.807) is 0 Å². The number of amidine groups is 2. The number of nitrogens with one attached hydrogen (secondary N) is 1. The van der Waals surface area contributed by atoms with Crippen LogP contribution in [0.1, 0.15) is 22.7 Å². The summed E-state index contributed by atoms with van der Waals surface area (Å²) in [4.78, 5) is 36.5. The zero-order chi connectivity index (χ0) is 23.5. The van der Waals surface area contributed by atoms with Crippen LogP contribution in [-0.2, 0) is 16.0 Å². The van der Waals surface area contributed by atoms with Gasteiger partial charge in [-0.3, -0.25) is 14.5 Å². The van der Waals surface area contributed by atoms with Gasteiger partial charge in [0.25, 0.3) is 5.91 Å². The number of amides is 2. The maximum Gasteiger partial charge on any atom is 0.275 e. The van der Waals surface area contributed by atoms with E-state index in [4.69, 9.17) is 16.6 Å². The van der Waals surface area contributed by atoms with Gasteiger partial charge in [-0.25, -0.2) is 4.99 Å². The summed E-state index contributed by atoms with van der Waals surface area (Å²) in [7, 11) is 0. The number of benzene rings is 3. The molecule has 8 heteroatoms. The van der Waals surface area contributed by atoms with Crippen LogP contribution in [0.4, 0.5) is 5.69 Å². The molecule has 5 rings (SSSR count). The van der Waals surface area contributed by atoms with E-state index in [2.05, 4.69) is 10.3 Å². The quantitative estimate of drug-likeness (QED) is 0.542. The number of hydrogen-bond donors (Lipinski definition) is 1. The van der Waals surface area contributed by atoms with E-state index >= 15 is 0 Å². The average Bonchev–Trinajstić information content (AvgIpc) is 3.21. The van der Waals surface area contributed by atoms with Gasteiger partial charge in [0, 0.05) is 17.1 Å². The van der Waals surface area contributed by atoms with Crippen molar-refractivity contribution in [1.29, 1.82) is 0 Å². The molecule has 0 saturated heterocycles. The minimum atomic E-state index is -0.594. The summed E-state index contributed by atoms with van der Waals surface area (Å²) in [6.45, 7) is 0.526. The van der Waals surface area contributed by atoms with Crippen LogP contribution in [0.2, 0.25) is 5.02 Å². The molecule has 2 aliphatic rings. The first kappa shape index (κ1) is 22.4. The van der Waals surface area contributed by atoms with E-state index in [0.29, 0.717) is 22.6 Å². The van der Waals surface area contributed by atoms with Crippen LogP contribution in [0.15, 0.2) is 88.8 Å². The second-order valence-corrected chi connectivity index (χ2v) is 9.26. The minimum Gasteiger partial charge on any atom is -0.355 e. The highest BCUT2D eigenvalue weighted by atomic mass is 35.5. The zero-order valence-corrected chi connectivity index (χ0v) is 19.7. The van der Waals surface area contributed by atoms with Gasteiger partial charge < -0.3 is 5.32 Å². The van der Waals surface area contributed by atoms with Gasteiger partial charge >= 0.3 is 0 Å². The fourth-order valence-electron chi connectivity index (χ4n) is 3.97. The average molecular weight is 489 g/mol. The molecule has 0 bridgehead atoms. The molecule has 1 N–H and O–H groups in total. The van der Waals surface area contributed by atoms with E-state index in [0.717, 1.165) is 28.8 Å². The molecule has 0 radical (unpaired) electrons. The highest BCUT2D eigenvalue weighted by Crippen LogP contribution is 2.39. The Morgan fingerprint density at radius 2 is 1.71 bits per heavy atom. The number of rotatable bonds is 6. The fourth-order valence-corrected chi connectivity index (χ4v) is 4.95. The Labute approximate surface area is 206 Å². The van der Waals surface area contributed by atoms with Crippen molar-refractivity contribution in [1.82, 2.24) is 10.2 Å². The summed E-state index contributed by atoms with van der Waals surface area (Å²) in [6.07, 6.45) is 0.718. The first-order chi connectivity index (χ1) is 16.6. The number of halogens is 1. The maximum absolute atomic E-state index is 13.0. The van der Waals surface area contributed by atoms with Gasteiger partial charge in [0.15, 0.2) is 5.17 Å². The minimum absolute atomic E-state index is 0.0965. The van der Waals surface area contributed by atoms with Crippen LogP contribution in [0.5, 0.6) is 0 Å². The molecule has 0 fully saturated rings. The summed E-state index contributed by atoms with van der Waals surface area (Å²) in [5, 5.41) is 4.23. The number of thioether (sulfide) groups is 1. The lowest BCUT2D eigenvalue weighted by atomic mass is 10.0. The first-order valence-electron chi connectivity index (χ1n) is 10.9. The van der Waals surface area contributed by atoms with Crippen molar-refractivity contribution < 1.29 is 9.59 Å². The van der Waals surface area contributed by atoms with Crippen LogP contribution >= 0.6 is 23.4 Å². The Bertz CT molecular complexity index is 1290. The SMILES string of the molecule is O=C(CSC1=Nc2ccccc2C2=NC(=O)C(c3ccccc3)N12)NCCc1ccc(Cl)cc1. The van der Waals surface area contributed by atoms with E-state index < -0.39 is 6.04 Å². The van der Waals surface area contributed by atoms with Crippen LogP contribution in [-0.4, -0.2) is 40.0 Å². The number of carbonyl (C=O) groups excluding carboxylic acids is 2. The number of fused-ring (bicyclic) bond motifs is 3. The summed E-state index contributed by atoms with van der Waals surface area (Å²) < 4.78 is 0. The van der Waals surface area contributed by atoms with Crippen molar-refractivity contribution in [3.8, 4) is 0 Å². The number of carbonyl (C=O) groups is 2. The van der Waals surface area contributed by atoms with Crippen molar-refractivity contribution in [3.63, 3.8) is 0 Å². The second kappa shape index (κ2) is 9.83. The molecule has 3 aromatic carbocycles. The van der Waals surface area contributed by atoms with Gasteiger partial charge in [-0.05, 0) is 41.8 Å². The number of aliphatic imine (C=N–C) groups is 2. The van der Waals surface area contributed by atoms with Crippen molar-refractivity contribution in [2.75, 3.05) is 12.3 Å². The molecule has 0 spiro atoms. The number of hydrogen-bond acceptors (Lipinski definition) is 5. The highest BCUT2D eigenvalue weighted by Gasteiger charge is 2.42. The van der Waals surface area contributed by atoms with E-state index in [1.807, 2.05) is 83.8 Å². The Morgan fingerprint density at radius 1 is 0.971 bits per heavy atom. The Hall–Kier alpha value is -3.42. The maximum atomic E-state index is 13.0. The number of para-hydroxylation sites is 1. The van der Waals surface area contributed by atoms with E-state index in [1.165, 1.54) is 11.8 Å². The summed E-state index contributed by atoms with van der Waals surface area (Å²) in [6, 6.07) is 24.1. The molecule has 6 nitrogen and oxygen atoms in total. The highest BCUT2D eigenvalue weighted by molar-refractivity contribution is 8.14. The second-order valence-electron chi connectivity index (χ2n) is 7.88. The largest absolute Gasteiger partial charge is 0.355 e. The van der Waals surface area contributed by atoms with E-state index in [-0.39, 0.29) is 17.6 Å². The first-order valence-corrected chi connectivity index (χ1v) is 12.3. The molecule has 34 heavy (non-hydrogen) atoms. The van der Waals surface area contributed by atoms with E-state index in [9.17, 15) is 9.59 Å². The van der Waals surface area contributed by atoms with Crippen LogP contribution in [0.3, 0.4) is 0 Å². The smallest absolute Gasteiger partial charge is 0.275 e. The lowest BCUT2D eigenvalue weighted by Gasteiger charge is -2.31. The van der Waals surface area contributed by atoms with Crippen LogP contribution in [0.25, 0.3) is 0 Å². The molecule has 0 aromatic heterocycles. The Balaban J connectivity index is 1.31. The molecule has 1 unspecified atom stereocenters. The van der Waals surface area contributed by atoms with Crippen molar-refractivity contribution >= 4 is 51.9 Å². The molecular formula is C26H21ClN4O2S. The summed E-state index contributed by atoms with van der Waals surface area (Å²) in [5.74, 6) is 0.427. The molecular weight excluding hydrogens is 468 g/mol. The molecule has 3 aromatic rings. The normalized spacial score (nSPS) is 16.4. The van der Waals surface area contributed by atoms with Gasteiger partial charge in [0.05, 0.1) is 11.4 Å². The monoisotopic (exact) mass is 488 g/mol. The van der Waals surface area contributed by atoms with Crippen LogP contribution < -0.4 is 5.32 Å². The molecule has 2 aliphatic heterocycles. The third-order valence-electron chi connectivity index (χ3n) is 5.60. The third kappa shape index (κ3) is 4.62. The standard InChI is InChI=1S/C26H21ClN4O2S/c27-19-12-10-17(11-13-19)14-15-28-22(32)16-34-26-29-21-9-5-4-8-20(21)24-30-25(33)23(31(24)26)18-6-2-1-3-7-18/h1-13,23H,14-16H2,(H,28,32). The van der Waals surface area contributed by atoms with Crippen molar-refractivity contribution in [2.24, 2.45) is 9.98 Å². The Morgan fingerprint density at radius 3 is 2.50 bits per heavy atom. The van der Waals surface area contributed by atoms with Crippen molar-refractivity contribution in [3.05, 3.63) is 101 Å². The zero-order valence-electron chi connectivity index (χ0n) is 18.1. The predicted octanol–water partition coefficient (Wildman–Crippen LogP) is 4.76. The number of nitrogens with zero attached hydrogens (tertiary/aromatic N) is 3. The van der Waals surface area contributed by atoms with Gasteiger partial charge in [-0.15, -0.1) is 0 Å². The van der Waals surface area contributed by atoms with Crippen molar-refractivity contribution in [2.45, 2.75) is 12.5 Å². The lowest BCUT2D eigenvalue weighted by Crippen LogP contribution is -2.39. The van der Waals surface area contributed by atoms with Gasteiger partial charge in [-0.2, -0.15) is 4.99 Å². The molecule has 2 amide bonds. The van der Waals surface area contributed by atoms with Gasteiger partial charge in [-0.1, -0.05) is 78.0 Å². The molecule has 170 valence electrons.